The lowest BCUT2D eigenvalue weighted by Crippen LogP contribution is -2.24. The molecule has 15 heavy (non-hydrogen) atoms. The molecule has 1 aromatic rings. The second-order valence-electron chi connectivity index (χ2n) is 3.70. The van der Waals surface area contributed by atoms with Crippen molar-refractivity contribution in [2.45, 2.75) is 19.4 Å². The number of rotatable bonds is 2. The quantitative estimate of drug-likeness (QED) is 0.455. The third kappa shape index (κ3) is 1.86. The normalized spacial score (nSPS) is 20.7. The third-order valence-corrected chi connectivity index (χ3v) is 2.66. The molecule has 1 saturated heterocycles. The SMILES string of the molecule is Cc1c(NN)ncnc1N1CCC(O)C1. The van der Waals surface area contributed by atoms with Gasteiger partial charge in [0.2, 0.25) is 0 Å². The fourth-order valence-corrected chi connectivity index (χ4v) is 1.84. The van der Waals surface area contributed by atoms with Crippen molar-refractivity contribution < 1.29 is 5.11 Å². The predicted octanol–water partition coefficient (Wildman–Crippen LogP) is -0.358. The number of nitrogens with one attached hydrogen (secondary N) is 1. The van der Waals surface area contributed by atoms with E-state index in [9.17, 15) is 5.11 Å². The fourth-order valence-electron chi connectivity index (χ4n) is 1.84. The van der Waals surface area contributed by atoms with Crippen molar-refractivity contribution in [1.29, 1.82) is 0 Å². The van der Waals surface area contributed by atoms with E-state index in [0.29, 0.717) is 12.4 Å². The Bertz CT molecular complexity index is 356. The Labute approximate surface area is 88.1 Å². The molecule has 1 aliphatic heterocycles. The van der Waals surface area contributed by atoms with Crippen molar-refractivity contribution in [3.63, 3.8) is 0 Å². The highest BCUT2D eigenvalue weighted by molar-refractivity contribution is 5.57. The fraction of sp³-hybridized carbons (Fsp3) is 0.556. The van der Waals surface area contributed by atoms with Gasteiger partial charge < -0.3 is 15.4 Å². The van der Waals surface area contributed by atoms with Gasteiger partial charge in [-0.25, -0.2) is 15.8 Å². The molecule has 0 aliphatic carbocycles. The predicted molar refractivity (Wildman–Crippen MR) is 57.4 cm³/mol. The summed E-state index contributed by atoms with van der Waals surface area (Å²) < 4.78 is 0. The van der Waals surface area contributed by atoms with Crippen molar-refractivity contribution in [1.82, 2.24) is 9.97 Å². The summed E-state index contributed by atoms with van der Waals surface area (Å²) in [5, 5.41) is 9.45. The Balaban J connectivity index is 2.28. The maximum absolute atomic E-state index is 9.45. The molecule has 1 aromatic heterocycles. The Morgan fingerprint density at radius 3 is 3.00 bits per heavy atom. The van der Waals surface area contributed by atoms with Crippen LogP contribution in [0.1, 0.15) is 12.0 Å². The standard InChI is InChI=1S/C9H15N5O/c1-6-8(13-10)11-5-12-9(6)14-3-2-7(15)4-14/h5,7,15H,2-4,10H2,1H3,(H,11,12,13). The smallest absolute Gasteiger partial charge is 0.148 e. The molecule has 0 spiro atoms. The number of nitrogen functional groups attached to an aromatic ring is 1. The summed E-state index contributed by atoms with van der Waals surface area (Å²) in [6, 6.07) is 0. The van der Waals surface area contributed by atoms with Crippen LogP contribution < -0.4 is 16.2 Å². The summed E-state index contributed by atoms with van der Waals surface area (Å²) in [4.78, 5) is 10.3. The van der Waals surface area contributed by atoms with E-state index in [-0.39, 0.29) is 6.10 Å². The van der Waals surface area contributed by atoms with Crippen LogP contribution in [0, 0.1) is 6.92 Å². The molecule has 82 valence electrons. The van der Waals surface area contributed by atoms with Gasteiger partial charge >= 0.3 is 0 Å². The molecule has 1 aliphatic rings. The van der Waals surface area contributed by atoms with Crippen molar-refractivity contribution in [3.8, 4) is 0 Å². The van der Waals surface area contributed by atoms with Crippen molar-refractivity contribution in [2.24, 2.45) is 5.84 Å². The number of hydrogen-bond acceptors (Lipinski definition) is 6. The average Bonchev–Trinajstić information content (AvgIpc) is 2.65. The van der Waals surface area contributed by atoms with Gasteiger partial charge in [-0.1, -0.05) is 0 Å². The van der Waals surface area contributed by atoms with E-state index < -0.39 is 0 Å². The lowest BCUT2D eigenvalue weighted by Gasteiger charge is -2.19. The third-order valence-electron chi connectivity index (χ3n) is 2.66. The topological polar surface area (TPSA) is 87.3 Å². The highest BCUT2D eigenvalue weighted by Crippen LogP contribution is 2.24. The second kappa shape index (κ2) is 4.00. The highest BCUT2D eigenvalue weighted by atomic mass is 16.3. The minimum Gasteiger partial charge on any atom is -0.391 e. The van der Waals surface area contributed by atoms with Crippen molar-refractivity contribution in [2.75, 3.05) is 23.4 Å². The zero-order valence-electron chi connectivity index (χ0n) is 8.64. The van der Waals surface area contributed by atoms with Gasteiger partial charge in [-0.3, -0.25) is 0 Å². The van der Waals surface area contributed by atoms with Crippen LogP contribution in [0.15, 0.2) is 6.33 Å². The van der Waals surface area contributed by atoms with Crippen LogP contribution in [0.3, 0.4) is 0 Å². The van der Waals surface area contributed by atoms with E-state index in [1.807, 2.05) is 11.8 Å². The van der Waals surface area contributed by atoms with Crippen LogP contribution in [-0.2, 0) is 0 Å². The maximum atomic E-state index is 9.45. The summed E-state index contributed by atoms with van der Waals surface area (Å²) in [5.41, 5.74) is 3.44. The van der Waals surface area contributed by atoms with Crippen LogP contribution in [-0.4, -0.2) is 34.3 Å². The molecule has 1 atom stereocenters. The van der Waals surface area contributed by atoms with Gasteiger partial charge in [0.25, 0.3) is 0 Å². The summed E-state index contributed by atoms with van der Waals surface area (Å²) in [6.07, 6.45) is 2.01. The first kappa shape index (κ1) is 10.1. The number of β-amino-alcohol motifs (C(OH)–C–C–N with tert-alkyl or cyclic N) is 1. The number of nitrogens with two attached hydrogens (primary N) is 1. The second-order valence-corrected chi connectivity index (χ2v) is 3.70. The van der Waals surface area contributed by atoms with E-state index in [1.54, 1.807) is 0 Å². The van der Waals surface area contributed by atoms with Crippen molar-refractivity contribution in [3.05, 3.63) is 11.9 Å². The Morgan fingerprint density at radius 1 is 1.60 bits per heavy atom. The molecule has 2 heterocycles. The van der Waals surface area contributed by atoms with Gasteiger partial charge in [-0.2, -0.15) is 0 Å². The lowest BCUT2D eigenvalue weighted by atomic mass is 10.3. The molecule has 4 N–H and O–H groups in total. The van der Waals surface area contributed by atoms with Gasteiger partial charge in [0.15, 0.2) is 0 Å². The zero-order chi connectivity index (χ0) is 10.8. The first-order chi connectivity index (χ1) is 7.22. The highest BCUT2D eigenvalue weighted by Gasteiger charge is 2.23. The van der Waals surface area contributed by atoms with Crippen molar-refractivity contribution >= 4 is 11.6 Å². The van der Waals surface area contributed by atoms with Crippen LogP contribution >= 0.6 is 0 Å². The lowest BCUT2D eigenvalue weighted by molar-refractivity contribution is 0.198. The molecular weight excluding hydrogens is 194 g/mol. The molecule has 2 rings (SSSR count). The number of aliphatic hydroxyl groups excluding tert-OH is 1. The summed E-state index contributed by atoms with van der Waals surface area (Å²) in [5.74, 6) is 6.81. The molecule has 0 radical (unpaired) electrons. The maximum Gasteiger partial charge on any atom is 0.148 e. The summed E-state index contributed by atoms with van der Waals surface area (Å²) >= 11 is 0. The zero-order valence-corrected chi connectivity index (χ0v) is 8.64. The molecule has 1 fully saturated rings. The van der Waals surface area contributed by atoms with Crippen LogP contribution in [0.2, 0.25) is 0 Å². The molecule has 1 unspecified atom stereocenters. The van der Waals surface area contributed by atoms with E-state index in [1.165, 1.54) is 6.33 Å². The minimum atomic E-state index is -0.256. The number of aromatic nitrogens is 2. The average molecular weight is 209 g/mol. The Hall–Kier alpha value is -1.40. The molecule has 6 nitrogen and oxygen atoms in total. The Kier molecular flexibility index (Phi) is 2.70. The number of anilines is 2. The minimum absolute atomic E-state index is 0.256. The van der Waals surface area contributed by atoms with E-state index in [0.717, 1.165) is 24.3 Å². The first-order valence-corrected chi connectivity index (χ1v) is 4.93. The molecule has 6 heteroatoms. The van der Waals surface area contributed by atoms with E-state index >= 15 is 0 Å². The van der Waals surface area contributed by atoms with Crippen LogP contribution in [0.4, 0.5) is 11.6 Å². The largest absolute Gasteiger partial charge is 0.391 e. The molecule has 0 aromatic carbocycles. The van der Waals surface area contributed by atoms with Gasteiger partial charge in [0, 0.05) is 18.7 Å². The number of nitrogens with zero attached hydrogens (tertiary/aromatic N) is 3. The number of aliphatic hydroxyl groups is 1. The van der Waals surface area contributed by atoms with Gasteiger partial charge in [0.05, 0.1) is 6.10 Å². The van der Waals surface area contributed by atoms with Crippen LogP contribution in [0.5, 0.6) is 0 Å². The summed E-state index contributed by atoms with van der Waals surface area (Å²) in [6.45, 7) is 3.36. The Morgan fingerprint density at radius 2 is 2.40 bits per heavy atom. The van der Waals surface area contributed by atoms with E-state index in [2.05, 4.69) is 15.4 Å². The first-order valence-electron chi connectivity index (χ1n) is 4.93. The van der Waals surface area contributed by atoms with E-state index in [4.69, 9.17) is 5.84 Å². The molecule has 0 bridgehead atoms. The number of hydrazine groups is 1. The van der Waals surface area contributed by atoms with Gasteiger partial charge in [-0.05, 0) is 13.3 Å². The molecular formula is C9H15N5O. The monoisotopic (exact) mass is 209 g/mol. The molecule has 0 amide bonds. The number of hydrogen-bond donors (Lipinski definition) is 3. The summed E-state index contributed by atoms with van der Waals surface area (Å²) in [7, 11) is 0. The van der Waals surface area contributed by atoms with Gasteiger partial charge in [0.1, 0.15) is 18.0 Å². The van der Waals surface area contributed by atoms with Crippen LogP contribution in [0.25, 0.3) is 0 Å². The van der Waals surface area contributed by atoms with Gasteiger partial charge in [-0.15, -0.1) is 0 Å². The molecule has 0 saturated carbocycles.